The quantitative estimate of drug-likeness (QED) is 0.518. The summed E-state index contributed by atoms with van der Waals surface area (Å²) < 4.78 is 4.12. The maximum absolute atomic E-state index is 4.32. The summed E-state index contributed by atoms with van der Waals surface area (Å²) >= 11 is 3.23. The van der Waals surface area contributed by atoms with E-state index in [4.69, 9.17) is 0 Å². The molecule has 118 valence electrons. The van der Waals surface area contributed by atoms with Crippen LogP contribution in [0, 0.1) is 0 Å². The number of nitrogens with zero attached hydrogens (tertiary/aromatic N) is 6. The fourth-order valence-electron chi connectivity index (χ4n) is 1.96. The molecule has 0 atom stereocenters. The average Bonchev–Trinajstić information content (AvgIpc) is 3.13. The molecule has 0 aliphatic rings. The van der Waals surface area contributed by atoms with E-state index in [1.165, 1.54) is 0 Å². The van der Waals surface area contributed by atoms with Gasteiger partial charge in [-0.25, -0.2) is 0 Å². The first-order chi connectivity index (χ1) is 10.8. The normalized spacial score (nSPS) is 10.8. The van der Waals surface area contributed by atoms with Gasteiger partial charge in [-0.2, -0.15) is 0 Å². The van der Waals surface area contributed by atoms with Crippen molar-refractivity contribution in [2.24, 2.45) is 0 Å². The summed E-state index contributed by atoms with van der Waals surface area (Å²) in [6, 6.07) is 0. The maximum atomic E-state index is 4.32. The van der Waals surface area contributed by atoms with Gasteiger partial charge in [-0.15, -0.1) is 33.6 Å². The summed E-state index contributed by atoms with van der Waals surface area (Å²) in [5.74, 6) is 3.13. The van der Waals surface area contributed by atoms with E-state index >= 15 is 0 Å². The van der Waals surface area contributed by atoms with Crippen LogP contribution in [0.5, 0.6) is 0 Å². The zero-order chi connectivity index (χ0) is 15.9. The Bertz CT molecular complexity index is 590. The molecule has 0 amide bonds. The highest BCUT2D eigenvalue weighted by molar-refractivity contribution is 7.99. The third-order valence-corrected chi connectivity index (χ3v) is 4.85. The highest BCUT2D eigenvalue weighted by Gasteiger charge is 2.20. The second kappa shape index (κ2) is 8.19. The Morgan fingerprint density at radius 1 is 0.818 bits per heavy atom. The van der Waals surface area contributed by atoms with Crippen LogP contribution in [0.4, 0.5) is 0 Å². The first-order valence-electron chi connectivity index (χ1n) is 7.10. The van der Waals surface area contributed by atoms with E-state index in [0.29, 0.717) is 0 Å². The molecule has 0 bridgehead atoms. The summed E-state index contributed by atoms with van der Waals surface area (Å²) in [5, 5.41) is 18.9. The molecule has 8 heteroatoms. The van der Waals surface area contributed by atoms with Crippen molar-refractivity contribution in [1.29, 1.82) is 0 Å². The first kappa shape index (κ1) is 16.8. The topological polar surface area (TPSA) is 61.4 Å². The van der Waals surface area contributed by atoms with Gasteiger partial charge in [-0.3, -0.25) is 9.13 Å². The lowest BCUT2D eigenvalue weighted by molar-refractivity contribution is 0.659. The van der Waals surface area contributed by atoms with Crippen molar-refractivity contribution in [2.75, 3.05) is 11.5 Å². The zero-order valence-electron chi connectivity index (χ0n) is 12.9. The van der Waals surface area contributed by atoms with Gasteiger partial charge in [0.1, 0.15) is 0 Å². The van der Waals surface area contributed by atoms with Crippen LogP contribution in [0.15, 0.2) is 35.6 Å². The van der Waals surface area contributed by atoms with Crippen LogP contribution in [-0.2, 0) is 13.1 Å². The molecule has 0 radical (unpaired) electrons. The molecule has 0 aliphatic heterocycles. The Hall–Kier alpha value is -1.54. The van der Waals surface area contributed by atoms with E-state index in [9.17, 15) is 0 Å². The molecule has 2 rings (SSSR count). The van der Waals surface area contributed by atoms with Crippen LogP contribution in [0.1, 0.15) is 13.8 Å². The van der Waals surface area contributed by atoms with Gasteiger partial charge in [-0.1, -0.05) is 35.7 Å². The van der Waals surface area contributed by atoms with Crippen molar-refractivity contribution in [2.45, 2.75) is 37.2 Å². The molecular weight excluding hydrogens is 316 g/mol. The van der Waals surface area contributed by atoms with Crippen LogP contribution >= 0.6 is 23.5 Å². The van der Waals surface area contributed by atoms with Gasteiger partial charge in [0.25, 0.3) is 0 Å². The van der Waals surface area contributed by atoms with Gasteiger partial charge < -0.3 is 0 Å². The fraction of sp³-hybridized carbons (Fsp3) is 0.429. The monoisotopic (exact) mass is 336 g/mol. The van der Waals surface area contributed by atoms with Gasteiger partial charge in [-0.05, 0) is 13.8 Å². The van der Waals surface area contributed by atoms with Crippen molar-refractivity contribution in [3.05, 3.63) is 25.3 Å². The predicted molar refractivity (Wildman–Crippen MR) is 92.2 cm³/mol. The molecule has 0 saturated carbocycles. The predicted octanol–water partition coefficient (Wildman–Crippen LogP) is 3.13. The minimum Gasteiger partial charge on any atom is -0.300 e. The Balaban J connectivity index is 2.38. The molecule has 0 unspecified atom stereocenters. The Kier molecular flexibility index (Phi) is 6.26. The second-order valence-corrected chi connectivity index (χ2v) is 6.27. The van der Waals surface area contributed by atoms with E-state index in [2.05, 4.69) is 56.5 Å². The molecule has 0 saturated heterocycles. The lowest BCUT2D eigenvalue weighted by atomic mass is 10.5. The number of aromatic nitrogens is 6. The number of thioether (sulfide) groups is 2. The van der Waals surface area contributed by atoms with Crippen LogP contribution in [0.2, 0.25) is 0 Å². The summed E-state index contributed by atoms with van der Waals surface area (Å²) in [6.45, 7) is 13.2. The molecule has 0 fully saturated rings. The lowest BCUT2D eigenvalue weighted by Gasteiger charge is -2.08. The first-order valence-corrected chi connectivity index (χ1v) is 9.08. The van der Waals surface area contributed by atoms with Gasteiger partial charge >= 0.3 is 0 Å². The third-order valence-electron chi connectivity index (χ3n) is 2.93. The lowest BCUT2D eigenvalue weighted by Crippen LogP contribution is -2.06. The summed E-state index contributed by atoms with van der Waals surface area (Å²) in [4.78, 5) is 0. The largest absolute Gasteiger partial charge is 0.300 e. The zero-order valence-corrected chi connectivity index (χ0v) is 14.5. The molecule has 2 aromatic rings. The van der Waals surface area contributed by atoms with Gasteiger partial charge in [0.2, 0.25) is 11.6 Å². The smallest absolute Gasteiger partial charge is 0.202 e. The molecule has 0 N–H and O–H groups in total. The van der Waals surface area contributed by atoms with Crippen LogP contribution in [0.25, 0.3) is 11.6 Å². The maximum Gasteiger partial charge on any atom is 0.202 e. The molecule has 0 aromatic carbocycles. The Morgan fingerprint density at radius 2 is 1.23 bits per heavy atom. The Morgan fingerprint density at radius 3 is 1.55 bits per heavy atom. The molecular formula is C14H20N6S2. The van der Waals surface area contributed by atoms with E-state index in [-0.39, 0.29) is 0 Å². The molecule has 0 spiro atoms. The van der Waals surface area contributed by atoms with Crippen molar-refractivity contribution in [3.8, 4) is 11.6 Å². The number of hydrogen-bond donors (Lipinski definition) is 0. The number of rotatable bonds is 9. The minimum absolute atomic E-state index is 0.758. The standard InChI is InChI=1S/C14H20N6S2/c1-5-9-21-13-17-15-11(19(13)7-3)12-16-18-14(20(12)8-4)22-10-6-2/h5-6H,1-2,7-10H2,3-4H3. The molecule has 2 aromatic heterocycles. The second-order valence-electron chi connectivity index (χ2n) is 4.30. The van der Waals surface area contributed by atoms with Gasteiger partial charge in [0.15, 0.2) is 10.3 Å². The molecule has 22 heavy (non-hydrogen) atoms. The molecule has 0 aliphatic carbocycles. The van der Waals surface area contributed by atoms with E-state index in [1.54, 1.807) is 23.5 Å². The van der Waals surface area contributed by atoms with Crippen molar-refractivity contribution < 1.29 is 0 Å². The van der Waals surface area contributed by atoms with Crippen molar-refractivity contribution in [1.82, 2.24) is 29.5 Å². The molecule has 2 heterocycles. The van der Waals surface area contributed by atoms with Crippen LogP contribution in [0.3, 0.4) is 0 Å². The average molecular weight is 336 g/mol. The highest BCUT2D eigenvalue weighted by Crippen LogP contribution is 2.26. The van der Waals surface area contributed by atoms with E-state index < -0.39 is 0 Å². The molecule has 6 nitrogen and oxygen atoms in total. The highest BCUT2D eigenvalue weighted by atomic mass is 32.2. The minimum atomic E-state index is 0.758. The SMILES string of the molecule is C=CCSc1nnc(-c2nnc(SCC=C)n2CC)n1CC. The van der Waals surface area contributed by atoms with Gasteiger partial charge in [0.05, 0.1) is 0 Å². The van der Waals surface area contributed by atoms with Crippen molar-refractivity contribution in [3.63, 3.8) is 0 Å². The van der Waals surface area contributed by atoms with Crippen molar-refractivity contribution >= 4 is 23.5 Å². The fourth-order valence-corrected chi connectivity index (χ4v) is 3.43. The van der Waals surface area contributed by atoms with Crippen LogP contribution < -0.4 is 0 Å². The summed E-state index contributed by atoms with van der Waals surface area (Å²) in [5.41, 5.74) is 0. The summed E-state index contributed by atoms with van der Waals surface area (Å²) in [6.07, 6.45) is 3.72. The van der Waals surface area contributed by atoms with Crippen LogP contribution in [-0.4, -0.2) is 41.0 Å². The number of hydrogen-bond acceptors (Lipinski definition) is 6. The van der Waals surface area contributed by atoms with Gasteiger partial charge in [0, 0.05) is 24.6 Å². The van der Waals surface area contributed by atoms with E-state index in [0.717, 1.165) is 46.6 Å². The third kappa shape index (κ3) is 3.44. The van der Waals surface area contributed by atoms with E-state index in [1.807, 2.05) is 12.2 Å². The Labute approximate surface area is 139 Å². The summed E-state index contributed by atoms with van der Waals surface area (Å²) in [7, 11) is 0.